The van der Waals surface area contributed by atoms with Gasteiger partial charge in [0, 0.05) is 17.6 Å². The van der Waals surface area contributed by atoms with E-state index < -0.39 is 5.97 Å². The van der Waals surface area contributed by atoms with Crippen LogP contribution >= 0.6 is 11.3 Å². The maximum Gasteiger partial charge on any atom is 0.309 e. The standard InChI is InChI=1S/C17H16N2O4S/c1-12-4-2-3-5-14(12)22-8-6-16(21)23-11-13-10-15(20)19-7-9-24-17(19)18-13/h2-5,7,9-10H,6,8,11H2,1H3. The van der Waals surface area contributed by atoms with Crippen LogP contribution in [0.4, 0.5) is 0 Å². The first-order valence-electron chi connectivity index (χ1n) is 7.43. The van der Waals surface area contributed by atoms with E-state index >= 15 is 0 Å². The number of thiazole rings is 1. The number of para-hydroxylation sites is 1. The van der Waals surface area contributed by atoms with Crippen LogP contribution in [-0.2, 0) is 16.1 Å². The predicted octanol–water partition coefficient (Wildman–Crippen LogP) is 2.58. The monoisotopic (exact) mass is 344 g/mol. The second-order valence-corrected chi connectivity index (χ2v) is 6.04. The molecule has 6 nitrogen and oxygen atoms in total. The Bertz CT molecular complexity index is 916. The minimum atomic E-state index is -0.392. The molecule has 0 aliphatic heterocycles. The summed E-state index contributed by atoms with van der Waals surface area (Å²) in [5, 5.41) is 1.78. The number of aromatic nitrogens is 2. The van der Waals surface area contributed by atoms with Gasteiger partial charge in [0.1, 0.15) is 12.4 Å². The SMILES string of the molecule is Cc1ccccc1OCCC(=O)OCc1cc(=O)n2ccsc2n1. The Balaban J connectivity index is 1.50. The van der Waals surface area contributed by atoms with Crippen molar-refractivity contribution in [2.24, 2.45) is 0 Å². The fourth-order valence-corrected chi connectivity index (χ4v) is 2.89. The van der Waals surface area contributed by atoms with Crippen LogP contribution < -0.4 is 10.3 Å². The van der Waals surface area contributed by atoms with Crippen LogP contribution in [0.1, 0.15) is 17.7 Å². The molecule has 0 amide bonds. The number of hydrogen-bond donors (Lipinski definition) is 0. The minimum Gasteiger partial charge on any atom is -0.493 e. The lowest BCUT2D eigenvalue weighted by molar-refractivity contribution is -0.145. The summed E-state index contributed by atoms with van der Waals surface area (Å²) in [4.78, 5) is 28.5. The van der Waals surface area contributed by atoms with Gasteiger partial charge in [0.05, 0.1) is 18.7 Å². The summed E-state index contributed by atoms with van der Waals surface area (Å²) in [5.41, 5.74) is 1.27. The van der Waals surface area contributed by atoms with Gasteiger partial charge in [-0.2, -0.15) is 0 Å². The smallest absolute Gasteiger partial charge is 0.309 e. The molecule has 0 N–H and O–H groups in total. The third-order valence-corrected chi connectivity index (χ3v) is 4.15. The summed E-state index contributed by atoms with van der Waals surface area (Å²) in [6.07, 6.45) is 1.79. The van der Waals surface area contributed by atoms with Crippen LogP contribution in [0, 0.1) is 6.92 Å². The molecule has 2 aromatic heterocycles. The lowest BCUT2D eigenvalue weighted by Crippen LogP contribution is -2.15. The summed E-state index contributed by atoms with van der Waals surface area (Å²) in [7, 11) is 0. The van der Waals surface area contributed by atoms with Gasteiger partial charge in [-0.25, -0.2) is 4.98 Å². The molecule has 0 saturated carbocycles. The van der Waals surface area contributed by atoms with Crippen LogP contribution in [0.2, 0.25) is 0 Å². The molecule has 24 heavy (non-hydrogen) atoms. The first-order chi connectivity index (χ1) is 11.6. The highest BCUT2D eigenvalue weighted by Gasteiger charge is 2.08. The number of carbonyl (C=O) groups excluding carboxylic acids is 1. The largest absolute Gasteiger partial charge is 0.493 e. The topological polar surface area (TPSA) is 69.9 Å². The molecule has 2 heterocycles. The van der Waals surface area contributed by atoms with Crippen molar-refractivity contribution in [3.8, 4) is 5.75 Å². The molecule has 0 aliphatic carbocycles. The Morgan fingerprint density at radius 1 is 1.33 bits per heavy atom. The normalized spacial score (nSPS) is 10.7. The Labute approximate surface area is 142 Å². The summed E-state index contributed by atoms with van der Waals surface area (Å²) >= 11 is 1.35. The Kier molecular flexibility index (Phi) is 4.90. The molecule has 0 radical (unpaired) electrons. The number of hydrogen-bond acceptors (Lipinski definition) is 6. The number of ether oxygens (including phenoxy) is 2. The van der Waals surface area contributed by atoms with Crippen molar-refractivity contribution in [1.82, 2.24) is 9.38 Å². The van der Waals surface area contributed by atoms with E-state index in [2.05, 4.69) is 4.98 Å². The molecule has 0 atom stereocenters. The molecular weight excluding hydrogens is 328 g/mol. The van der Waals surface area contributed by atoms with E-state index in [1.54, 1.807) is 11.6 Å². The average molecular weight is 344 g/mol. The average Bonchev–Trinajstić information content (AvgIpc) is 3.04. The van der Waals surface area contributed by atoms with Crippen molar-refractivity contribution in [3.63, 3.8) is 0 Å². The van der Waals surface area contributed by atoms with Crippen LogP contribution in [0.5, 0.6) is 5.75 Å². The summed E-state index contributed by atoms with van der Waals surface area (Å²) in [6.45, 7) is 2.16. The van der Waals surface area contributed by atoms with E-state index in [-0.39, 0.29) is 25.2 Å². The Morgan fingerprint density at radius 2 is 2.17 bits per heavy atom. The molecule has 0 spiro atoms. The quantitative estimate of drug-likeness (QED) is 0.643. The molecule has 124 valence electrons. The third-order valence-electron chi connectivity index (χ3n) is 3.39. The third kappa shape index (κ3) is 3.80. The molecule has 1 aromatic carbocycles. The number of benzene rings is 1. The zero-order valence-corrected chi connectivity index (χ0v) is 13.9. The molecular formula is C17H16N2O4S. The fourth-order valence-electron chi connectivity index (χ4n) is 2.15. The summed E-state index contributed by atoms with van der Waals surface area (Å²) in [6, 6.07) is 8.98. The Hall–Kier alpha value is -2.67. The van der Waals surface area contributed by atoms with Gasteiger partial charge in [0.25, 0.3) is 5.56 Å². The minimum absolute atomic E-state index is 0.0210. The van der Waals surface area contributed by atoms with E-state index in [0.717, 1.165) is 11.3 Å². The highest BCUT2D eigenvalue weighted by Crippen LogP contribution is 2.16. The number of nitrogens with zero attached hydrogens (tertiary/aromatic N) is 2. The maximum absolute atomic E-state index is 11.8. The highest BCUT2D eigenvalue weighted by atomic mass is 32.1. The lowest BCUT2D eigenvalue weighted by Gasteiger charge is -2.08. The van der Waals surface area contributed by atoms with Crippen LogP contribution in [0.25, 0.3) is 4.96 Å². The number of fused-ring (bicyclic) bond motifs is 1. The molecule has 3 aromatic rings. The first-order valence-corrected chi connectivity index (χ1v) is 8.31. The highest BCUT2D eigenvalue weighted by molar-refractivity contribution is 7.15. The number of aryl methyl sites for hydroxylation is 1. The first kappa shape index (κ1) is 16.2. The van der Waals surface area contributed by atoms with Gasteiger partial charge in [0.2, 0.25) is 0 Å². The lowest BCUT2D eigenvalue weighted by atomic mass is 10.2. The van der Waals surface area contributed by atoms with E-state index in [1.807, 2.05) is 31.2 Å². The molecule has 0 bridgehead atoms. The van der Waals surface area contributed by atoms with Gasteiger partial charge in [-0.1, -0.05) is 18.2 Å². The Morgan fingerprint density at radius 3 is 3.00 bits per heavy atom. The van der Waals surface area contributed by atoms with E-state index in [4.69, 9.17) is 9.47 Å². The molecule has 0 unspecified atom stereocenters. The van der Waals surface area contributed by atoms with Gasteiger partial charge in [-0.15, -0.1) is 11.3 Å². The van der Waals surface area contributed by atoms with Crippen LogP contribution in [0.3, 0.4) is 0 Å². The van der Waals surface area contributed by atoms with Crippen molar-refractivity contribution in [2.75, 3.05) is 6.61 Å². The summed E-state index contributed by atoms with van der Waals surface area (Å²) in [5.74, 6) is 0.361. The molecule has 0 saturated heterocycles. The molecule has 3 rings (SSSR count). The van der Waals surface area contributed by atoms with Gasteiger partial charge >= 0.3 is 5.97 Å². The van der Waals surface area contributed by atoms with E-state index in [1.165, 1.54) is 21.8 Å². The van der Waals surface area contributed by atoms with E-state index in [9.17, 15) is 9.59 Å². The summed E-state index contributed by atoms with van der Waals surface area (Å²) < 4.78 is 12.2. The van der Waals surface area contributed by atoms with Gasteiger partial charge in [-0.3, -0.25) is 14.0 Å². The molecule has 0 fully saturated rings. The van der Waals surface area contributed by atoms with Crippen molar-refractivity contribution >= 4 is 22.3 Å². The van der Waals surface area contributed by atoms with Crippen molar-refractivity contribution in [2.45, 2.75) is 20.0 Å². The maximum atomic E-state index is 11.8. The second-order valence-electron chi connectivity index (χ2n) is 5.17. The number of rotatable bonds is 6. The van der Waals surface area contributed by atoms with E-state index in [0.29, 0.717) is 10.7 Å². The van der Waals surface area contributed by atoms with Crippen molar-refractivity contribution < 1.29 is 14.3 Å². The van der Waals surface area contributed by atoms with Gasteiger partial charge in [0.15, 0.2) is 4.96 Å². The van der Waals surface area contributed by atoms with Crippen LogP contribution in [-0.4, -0.2) is 22.0 Å². The van der Waals surface area contributed by atoms with Crippen LogP contribution in [0.15, 0.2) is 46.7 Å². The molecule has 7 heteroatoms. The second kappa shape index (κ2) is 7.27. The zero-order valence-electron chi connectivity index (χ0n) is 13.1. The van der Waals surface area contributed by atoms with Crippen molar-refractivity contribution in [3.05, 3.63) is 63.5 Å². The predicted molar refractivity (Wildman–Crippen MR) is 90.4 cm³/mol. The van der Waals surface area contributed by atoms with Crippen molar-refractivity contribution in [1.29, 1.82) is 0 Å². The number of esters is 1. The van der Waals surface area contributed by atoms with Gasteiger partial charge in [-0.05, 0) is 18.6 Å². The molecule has 0 aliphatic rings. The zero-order chi connectivity index (χ0) is 16.9. The number of carbonyl (C=O) groups is 1. The van der Waals surface area contributed by atoms with Gasteiger partial charge < -0.3 is 9.47 Å². The fraction of sp³-hybridized carbons (Fsp3) is 0.235.